The number of nitrogen functional groups attached to an aromatic ring is 1. The van der Waals surface area contributed by atoms with Crippen molar-refractivity contribution in [2.24, 2.45) is 5.84 Å². The number of benzene rings is 2. The van der Waals surface area contributed by atoms with Gasteiger partial charge in [-0.1, -0.05) is 35.9 Å². The van der Waals surface area contributed by atoms with E-state index >= 15 is 0 Å². The standard InChI is InChI=1S/C14H16N2O/c1-11-5-7-12(8-6-11)10-17-14-4-2-3-13(9-14)16-15/h2-9,16H,10,15H2,1H3. The van der Waals surface area contributed by atoms with E-state index in [9.17, 15) is 0 Å². The molecule has 0 fully saturated rings. The van der Waals surface area contributed by atoms with Crippen LogP contribution >= 0.6 is 0 Å². The van der Waals surface area contributed by atoms with E-state index in [0.717, 1.165) is 17.0 Å². The Kier molecular flexibility index (Phi) is 3.62. The van der Waals surface area contributed by atoms with Crippen molar-refractivity contribution in [3.63, 3.8) is 0 Å². The van der Waals surface area contributed by atoms with Crippen molar-refractivity contribution in [3.8, 4) is 5.75 Å². The molecule has 0 aliphatic heterocycles. The van der Waals surface area contributed by atoms with Gasteiger partial charge in [0.25, 0.3) is 0 Å². The molecule has 17 heavy (non-hydrogen) atoms. The maximum atomic E-state index is 5.68. The van der Waals surface area contributed by atoms with Gasteiger partial charge in [0.05, 0.1) is 5.69 Å². The fraction of sp³-hybridized carbons (Fsp3) is 0.143. The summed E-state index contributed by atoms with van der Waals surface area (Å²) >= 11 is 0. The van der Waals surface area contributed by atoms with Crippen molar-refractivity contribution in [3.05, 3.63) is 59.7 Å². The third kappa shape index (κ3) is 3.23. The number of nitrogens with two attached hydrogens (primary N) is 1. The topological polar surface area (TPSA) is 47.3 Å². The van der Waals surface area contributed by atoms with E-state index in [1.165, 1.54) is 5.56 Å². The fourth-order valence-corrected chi connectivity index (χ4v) is 1.53. The Hall–Kier alpha value is -2.00. The molecular formula is C14H16N2O. The Morgan fingerprint density at radius 1 is 1.12 bits per heavy atom. The Labute approximate surface area is 101 Å². The van der Waals surface area contributed by atoms with Crippen molar-refractivity contribution in [1.29, 1.82) is 0 Å². The van der Waals surface area contributed by atoms with Crippen LogP contribution in [-0.4, -0.2) is 0 Å². The first kappa shape index (κ1) is 11.5. The summed E-state index contributed by atoms with van der Waals surface area (Å²) in [6.07, 6.45) is 0. The maximum absolute atomic E-state index is 5.68. The highest BCUT2D eigenvalue weighted by molar-refractivity contribution is 5.47. The number of anilines is 1. The Morgan fingerprint density at radius 3 is 2.59 bits per heavy atom. The smallest absolute Gasteiger partial charge is 0.121 e. The molecule has 3 nitrogen and oxygen atoms in total. The molecule has 0 radical (unpaired) electrons. The molecule has 0 saturated carbocycles. The third-order valence-corrected chi connectivity index (χ3v) is 2.53. The van der Waals surface area contributed by atoms with E-state index in [2.05, 4.69) is 36.6 Å². The van der Waals surface area contributed by atoms with E-state index in [1.54, 1.807) is 0 Å². The van der Waals surface area contributed by atoms with Gasteiger partial charge in [0.2, 0.25) is 0 Å². The molecule has 2 aromatic rings. The lowest BCUT2D eigenvalue weighted by molar-refractivity contribution is 0.306. The molecule has 0 aliphatic rings. The van der Waals surface area contributed by atoms with E-state index in [0.29, 0.717) is 6.61 Å². The average molecular weight is 228 g/mol. The molecule has 0 saturated heterocycles. The van der Waals surface area contributed by atoms with Gasteiger partial charge in [-0.3, -0.25) is 5.84 Å². The van der Waals surface area contributed by atoms with Crippen molar-refractivity contribution in [2.75, 3.05) is 5.43 Å². The predicted molar refractivity (Wildman–Crippen MR) is 69.8 cm³/mol. The van der Waals surface area contributed by atoms with Crippen LogP contribution in [0.5, 0.6) is 5.75 Å². The Bertz CT molecular complexity index is 480. The van der Waals surface area contributed by atoms with Crippen LogP contribution in [-0.2, 0) is 6.61 Å². The van der Waals surface area contributed by atoms with E-state index < -0.39 is 0 Å². The quantitative estimate of drug-likeness (QED) is 0.625. The molecule has 0 aliphatic carbocycles. The molecule has 2 rings (SSSR count). The molecule has 3 heteroatoms. The van der Waals surface area contributed by atoms with Crippen LogP contribution in [0.2, 0.25) is 0 Å². The number of hydrazine groups is 1. The molecule has 0 aromatic heterocycles. The minimum atomic E-state index is 0.564. The Morgan fingerprint density at radius 2 is 1.88 bits per heavy atom. The summed E-state index contributed by atoms with van der Waals surface area (Å²) in [6.45, 7) is 2.63. The first-order chi connectivity index (χ1) is 8.28. The zero-order valence-electron chi connectivity index (χ0n) is 9.81. The molecule has 0 spiro atoms. The summed E-state index contributed by atoms with van der Waals surface area (Å²) in [5, 5.41) is 0. The van der Waals surface area contributed by atoms with E-state index in [4.69, 9.17) is 10.6 Å². The van der Waals surface area contributed by atoms with Crippen molar-refractivity contribution >= 4 is 5.69 Å². The highest BCUT2D eigenvalue weighted by Crippen LogP contribution is 2.17. The summed E-state index contributed by atoms with van der Waals surface area (Å²) in [6, 6.07) is 15.9. The number of hydrogen-bond acceptors (Lipinski definition) is 3. The largest absolute Gasteiger partial charge is 0.489 e. The van der Waals surface area contributed by atoms with Gasteiger partial charge in [-0.05, 0) is 24.6 Å². The number of aryl methyl sites for hydroxylation is 1. The van der Waals surface area contributed by atoms with Gasteiger partial charge in [-0.2, -0.15) is 0 Å². The van der Waals surface area contributed by atoms with Gasteiger partial charge < -0.3 is 10.2 Å². The van der Waals surface area contributed by atoms with E-state index in [1.807, 2.05) is 24.3 Å². The molecular weight excluding hydrogens is 212 g/mol. The van der Waals surface area contributed by atoms with Crippen LogP contribution in [0, 0.1) is 6.92 Å². The number of ether oxygens (including phenoxy) is 1. The van der Waals surface area contributed by atoms with E-state index in [-0.39, 0.29) is 0 Å². The second-order valence-corrected chi connectivity index (χ2v) is 3.95. The highest BCUT2D eigenvalue weighted by Gasteiger charge is 1.97. The van der Waals surface area contributed by atoms with Crippen LogP contribution < -0.4 is 16.0 Å². The molecule has 0 amide bonds. The lowest BCUT2D eigenvalue weighted by Gasteiger charge is -2.08. The van der Waals surface area contributed by atoms with Gasteiger partial charge in [0, 0.05) is 6.07 Å². The fourth-order valence-electron chi connectivity index (χ4n) is 1.53. The Balaban J connectivity index is 1.99. The normalized spacial score (nSPS) is 10.0. The van der Waals surface area contributed by atoms with Gasteiger partial charge in [0.15, 0.2) is 0 Å². The lowest BCUT2D eigenvalue weighted by Crippen LogP contribution is -2.06. The summed E-state index contributed by atoms with van der Waals surface area (Å²) in [7, 11) is 0. The van der Waals surface area contributed by atoms with Crippen LogP contribution in [0.4, 0.5) is 5.69 Å². The lowest BCUT2D eigenvalue weighted by atomic mass is 10.2. The van der Waals surface area contributed by atoms with Crippen LogP contribution in [0.1, 0.15) is 11.1 Å². The molecule has 88 valence electrons. The highest BCUT2D eigenvalue weighted by atomic mass is 16.5. The molecule has 0 heterocycles. The minimum Gasteiger partial charge on any atom is -0.489 e. The van der Waals surface area contributed by atoms with Crippen LogP contribution in [0.15, 0.2) is 48.5 Å². The second kappa shape index (κ2) is 5.37. The summed E-state index contributed by atoms with van der Waals surface area (Å²) in [4.78, 5) is 0. The van der Waals surface area contributed by atoms with Crippen molar-refractivity contribution < 1.29 is 4.74 Å². The maximum Gasteiger partial charge on any atom is 0.121 e. The number of hydrogen-bond donors (Lipinski definition) is 2. The zero-order valence-corrected chi connectivity index (χ0v) is 9.81. The minimum absolute atomic E-state index is 0.564. The van der Waals surface area contributed by atoms with Crippen molar-refractivity contribution in [1.82, 2.24) is 0 Å². The SMILES string of the molecule is Cc1ccc(COc2cccc(NN)c2)cc1. The third-order valence-electron chi connectivity index (χ3n) is 2.53. The van der Waals surface area contributed by atoms with Crippen LogP contribution in [0.3, 0.4) is 0 Å². The zero-order chi connectivity index (χ0) is 12.1. The summed E-state index contributed by atoms with van der Waals surface area (Å²) in [5.41, 5.74) is 5.84. The van der Waals surface area contributed by atoms with Gasteiger partial charge >= 0.3 is 0 Å². The molecule has 2 aromatic carbocycles. The molecule has 0 bridgehead atoms. The summed E-state index contributed by atoms with van der Waals surface area (Å²) in [5.74, 6) is 6.14. The number of rotatable bonds is 4. The van der Waals surface area contributed by atoms with Crippen LogP contribution in [0.25, 0.3) is 0 Å². The monoisotopic (exact) mass is 228 g/mol. The van der Waals surface area contributed by atoms with Gasteiger partial charge in [0.1, 0.15) is 12.4 Å². The average Bonchev–Trinajstić information content (AvgIpc) is 2.38. The molecule has 0 unspecified atom stereocenters. The summed E-state index contributed by atoms with van der Waals surface area (Å²) < 4.78 is 5.68. The van der Waals surface area contributed by atoms with Gasteiger partial charge in [-0.25, -0.2) is 0 Å². The predicted octanol–water partition coefficient (Wildman–Crippen LogP) is 2.86. The second-order valence-electron chi connectivity index (χ2n) is 3.95. The molecule has 3 N–H and O–H groups in total. The van der Waals surface area contributed by atoms with Gasteiger partial charge in [-0.15, -0.1) is 0 Å². The molecule has 0 atom stereocenters. The first-order valence-corrected chi connectivity index (χ1v) is 5.53. The first-order valence-electron chi connectivity index (χ1n) is 5.53. The number of nitrogens with one attached hydrogen (secondary N) is 1. The van der Waals surface area contributed by atoms with Crippen molar-refractivity contribution in [2.45, 2.75) is 13.5 Å².